The Hall–Kier alpha value is -3.27. The highest BCUT2D eigenvalue weighted by Gasteiger charge is 2.17. The van der Waals surface area contributed by atoms with E-state index in [9.17, 15) is 13.2 Å². The second-order valence-corrected chi connectivity index (χ2v) is 6.84. The van der Waals surface area contributed by atoms with E-state index in [1.165, 1.54) is 24.3 Å². The van der Waals surface area contributed by atoms with Crippen molar-refractivity contribution in [1.29, 1.82) is 0 Å². The lowest BCUT2D eigenvalue weighted by Crippen LogP contribution is -1.95. The molecule has 0 aliphatic carbocycles. The van der Waals surface area contributed by atoms with E-state index in [2.05, 4.69) is 6.58 Å². The van der Waals surface area contributed by atoms with Gasteiger partial charge in [-0.3, -0.25) is 0 Å². The molecule has 0 aliphatic rings. The van der Waals surface area contributed by atoms with Crippen LogP contribution >= 0.6 is 0 Å². The van der Waals surface area contributed by atoms with E-state index in [1.54, 1.807) is 36.4 Å². The lowest BCUT2D eigenvalue weighted by molar-refractivity contribution is 0.363. The molecule has 30 heavy (non-hydrogen) atoms. The number of hydrogen-bond donors (Lipinski definition) is 0. The third-order valence-electron chi connectivity index (χ3n) is 4.78. The van der Waals surface area contributed by atoms with Gasteiger partial charge in [0.1, 0.15) is 18.2 Å². The Morgan fingerprint density at radius 3 is 2.47 bits per heavy atom. The van der Waals surface area contributed by atoms with Gasteiger partial charge in [-0.1, -0.05) is 48.6 Å². The Morgan fingerprint density at radius 1 is 1.00 bits per heavy atom. The van der Waals surface area contributed by atoms with Crippen molar-refractivity contribution in [1.82, 2.24) is 0 Å². The molecule has 4 heteroatoms. The van der Waals surface area contributed by atoms with Crippen LogP contribution in [0, 0.1) is 5.82 Å². The predicted octanol–water partition coefficient (Wildman–Crippen LogP) is 7.82. The minimum Gasteiger partial charge on any atom is -0.490 e. The molecule has 0 amide bonds. The van der Waals surface area contributed by atoms with Gasteiger partial charge in [-0.2, -0.15) is 0 Å². The summed E-state index contributed by atoms with van der Waals surface area (Å²) in [6.07, 6.45) is 7.09. The van der Waals surface area contributed by atoms with E-state index >= 15 is 0 Å². The zero-order valence-electron chi connectivity index (χ0n) is 16.8. The molecule has 0 saturated heterocycles. The molecular weight excluding hydrogens is 385 g/mol. The van der Waals surface area contributed by atoms with Gasteiger partial charge < -0.3 is 4.74 Å². The lowest BCUT2D eigenvalue weighted by atomic mass is 10.0. The van der Waals surface area contributed by atoms with Gasteiger partial charge in [0.05, 0.1) is 0 Å². The molecule has 0 saturated carbocycles. The number of benzene rings is 3. The van der Waals surface area contributed by atoms with Crippen LogP contribution in [0.1, 0.15) is 30.0 Å². The van der Waals surface area contributed by atoms with Gasteiger partial charge >= 0.3 is 0 Å². The molecule has 0 aliphatic heterocycles. The van der Waals surface area contributed by atoms with Crippen LogP contribution in [-0.4, -0.2) is 6.61 Å². The van der Waals surface area contributed by atoms with E-state index in [0.29, 0.717) is 17.7 Å². The SMILES string of the molecule is C=CCCc1ccc(C(F)=C(F)c2ccc3cc(OCC=CC)ccc3c2F)cc1. The van der Waals surface area contributed by atoms with Gasteiger partial charge in [-0.05, 0) is 55.0 Å². The van der Waals surface area contributed by atoms with Crippen LogP contribution in [0.3, 0.4) is 0 Å². The van der Waals surface area contributed by atoms with Crippen LogP contribution in [0.5, 0.6) is 5.75 Å². The zero-order valence-corrected chi connectivity index (χ0v) is 16.8. The summed E-state index contributed by atoms with van der Waals surface area (Å²) in [5, 5.41) is 0.752. The van der Waals surface area contributed by atoms with Gasteiger partial charge in [-0.15, -0.1) is 6.58 Å². The molecule has 0 heterocycles. The maximum atomic E-state index is 14.9. The molecule has 0 fully saturated rings. The highest BCUT2D eigenvalue weighted by molar-refractivity contribution is 5.91. The van der Waals surface area contributed by atoms with Gasteiger partial charge in [0.2, 0.25) is 0 Å². The maximum absolute atomic E-state index is 14.9. The first-order valence-electron chi connectivity index (χ1n) is 9.77. The van der Waals surface area contributed by atoms with Crippen LogP contribution in [0.15, 0.2) is 79.4 Å². The quantitative estimate of drug-likeness (QED) is 0.273. The predicted molar refractivity (Wildman–Crippen MR) is 118 cm³/mol. The van der Waals surface area contributed by atoms with E-state index in [-0.39, 0.29) is 10.9 Å². The normalized spacial score (nSPS) is 12.3. The number of halogens is 3. The Balaban J connectivity index is 1.91. The third-order valence-corrected chi connectivity index (χ3v) is 4.78. The molecule has 0 radical (unpaired) electrons. The van der Waals surface area contributed by atoms with Crippen LogP contribution in [0.4, 0.5) is 13.2 Å². The summed E-state index contributed by atoms with van der Waals surface area (Å²) in [4.78, 5) is 0. The molecule has 0 atom stereocenters. The second kappa shape index (κ2) is 9.97. The van der Waals surface area contributed by atoms with Crippen molar-refractivity contribution < 1.29 is 17.9 Å². The van der Waals surface area contributed by atoms with Crippen LogP contribution in [-0.2, 0) is 6.42 Å². The van der Waals surface area contributed by atoms with Gasteiger partial charge in [0, 0.05) is 16.5 Å². The molecule has 0 bridgehead atoms. The average molecular weight is 408 g/mol. The number of allylic oxidation sites excluding steroid dienone is 2. The molecule has 0 unspecified atom stereocenters. The Kier molecular flexibility index (Phi) is 7.12. The van der Waals surface area contributed by atoms with E-state index in [4.69, 9.17) is 4.74 Å². The van der Waals surface area contributed by atoms with E-state index in [1.807, 2.05) is 19.1 Å². The van der Waals surface area contributed by atoms with E-state index < -0.39 is 23.0 Å². The summed E-state index contributed by atoms with van der Waals surface area (Å²) in [6.45, 7) is 5.96. The summed E-state index contributed by atoms with van der Waals surface area (Å²) < 4.78 is 50.0. The van der Waals surface area contributed by atoms with Crippen molar-refractivity contribution in [3.63, 3.8) is 0 Å². The van der Waals surface area contributed by atoms with Crippen LogP contribution in [0.2, 0.25) is 0 Å². The number of fused-ring (bicyclic) bond motifs is 1. The van der Waals surface area contributed by atoms with Gasteiger partial charge in [0.25, 0.3) is 0 Å². The fourth-order valence-electron chi connectivity index (χ4n) is 3.10. The Bertz CT molecular complexity index is 1100. The van der Waals surface area contributed by atoms with Crippen LogP contribution in [0.25, 0.3) is 22.4 Å². The van der Waals surface area contributed by atoms with Gasteiger partial charge in [-0.25, -0.2) is 13.2 Å². The second-order valence-electron chi connectivity index (χ2n) is 6.84. The van der Waals surface area contributed by atoms with Crippen molar-refractivity contribution in [2.75, 3.05) is 6.61 Å². The minimum absolute atomic E-state index is 0.0714. The first kappa shape index (κ1) is 21.4. The van der Waals surface area contributed by atoms with E-state index in [0.717, 1.165) is 18.4 Å². The first-order valence-corrected chi connectivity index (χ1v) is 9.77. The zero-order chi connectivity index (χ0) is 21.5. The monoisotopic (exact) mass is 408 g/mol. The summed E-state index contributed by atoms with van der Waals surface area (Å²) in [6, 6.07) is 14.1. The summed E-state index contributed by atoms with van der Waals surface area (Å²) in [5.41, 5.74) is 0.664. The number of aryl methyl sites for hydroxylation is 1. The molecule has 0 spiro atoms. The average Bonchev–Trinajstić information content (AvgIpc) is 2.77. The topological polar surface area (TPSA) is 9.23 Å². The molecule has 3 rings (SSSR count). The third kappa shape index (κ3) is 4.82. The highest BCUT2D eigenvalue weighted by atomic mass is 19.2. The van der Waals surface area contributed by atoms with Crippen molar-refractivity contribution in [2.45, 2.75) is 19.8 Å². The lowest BCUT2D eigenvalue weighted by Gasteiger charge is -2.09. The summed E-state index contributed by atoms with van der Waals surface area (Å²) >= 11 is 0. The van der Waals surface area contributed by atoms with Gasteiger partial charge in [0.15, 0.2) is 11.7 Å². The molecule has 154 valence electrons. The Morgan fingerprint density at radius 2 is 1.77 bits per heavy atom. The summed E-state index contributed by atoms with van der Waals surface area (Å²) in [5.74, 6) is -2.54. The van der Waals surface area contributed by atoms with Crippen molar-refractivity contribution in [3.05, 3.63) is 102 Å². The first-order chi connectivity index (χ1) is 14.5. The number of hydrogen-bond acceptors (Lipinski definition) is 1. The fourth-order valence-corrected chi connectivity index (χ4v) is 3.10. The maximum Gasteiger partial charge on any atom is 0.169 e. The Labute approximate surface area is 174 Å². The van der Waals surface area contributed by atoms with Crippen molar-refractivity contribution >= 4 is 22.4 Å². The molecule has 1 nitrogen and oxygen atoms in total. The molecule has 3 aromatic rings. The van der Waals surface area contributed by atoms with Crippen LogP contribution < -0.4 is 4.74 Å². The standard InChI is InChI=1S/C26H23F3O/c1-3-5-7-18-8-10-19(11-9-18)24(27)26(29)23-14-12-20-17-21(30-16-6-4-2)13-15-22(20)25(23)28/h3-4,6,8-15,17H,1,5,7,16H2,2H3. The fraction of sp³-hybridized carbons (Fsp3) is 0.154. The number of ether oxygens (including phenoxy) is 1. The molecule has 0 aromatic heterocycles. The minimum atomic E-state index is -1.22. The largest absolute Gasteiger partial charge is 0.490 e. The molecule has 3 aromatic carbocycles. The highest BCUT2D eigenvalue weighted by Crippen LogP contribution is 2.34. The summed E-state index contributed by atoms with van der Waals surface area (Å²) in [7, 11) is 0. The smallest absolute Gasteiger partial charge is 0.169 e. The molecule has 0 N–H and O–H groups in total. The van der Waals surface area contributed by atoms with Crippen molar-refractivity contribution in [3.8, 4) is 5.75 Å². The van der Waals surface area contributed by atoms with Crippen molar-refractivity contribution in [2.24, 2.45) is 0 Å². The molecular formula is C26H23F3O. The number of rotatable bonds is 8.